The number of oxime groups is 1. The summed E-state index contributed by atoms with van der Waals surface area (Å²) in [5.41, 5.74) is 4.51. The molecule has 0 fully saturated rings. The van der Waals surface area contributed by atoms with Gasteiger partial charge in [0.2, 0.25) is 0 Å². The lowest BCUT2D eigenvalue weighted by molar-refractivity contribution is 0.321. The SMILES string of the molecule is Cc1cc(-c2ccc(O)cc2)n(-c2c(C)ncn2C)c1C=NO. The van der Waals surface area contributed by atoms with E-state index >= 15 is 0 Å². The van der Waals surface area contributed by atoms with Crippen molar-refractivity contribution in [3.05, 3.63) is 53.6 Å². The fourth-order valence-electron chi connectivity index (χ4n) is 2.80. The number of benzene rings is 1. The Hall–Kier alpha value is -3.02. The molecule has 0 saturated carbocycles. The van der Waals surface area contributed by atoms with Crippen LogP contribution in [0.1, 0.15) is 17.0 Å². The molecule has 118 valence electrons. The molecule has 0 unspecified atom stereocenters. The van der Waals surface area contributed by atoms with E-state index in [-0.39, 0.29) is 5.75 Å². The van der Waals surface area contributed by atoms with Crippen molar-refractivity contribution in [2.75, 3.05) is 0 Å². The largest absolute Gasteiger partial charge is 0.508 e. The summed E-state index contributed by atoms with van der Waals surface area (Å²) in [5.74, 6) is 1.12. The van der Waals surface area contributed by atoms with Crippen molar-refractivity contribution < 1.29 is 10.3 Å². The summed E-state index contributed by atoms with van der Waals surface area (Å²) in [5, 5.41) is 21.7. The first kappa shape index (κ1) is 14.9. The fraction of sp³-hybridized carbons (Fsp3) is 0.176. The molecular weight excluding hydrogens is 292 g/mol. The first-order valence-corrected chi connectivity index (χ1v) is 7.20. The number of aromatic nitrogens is 3. The number of aromatic hydroxyl groups is 1. The van der Waals surface area contributed by atoms with E-state index in [0.29, 0.717) is 0 Å². The Labute approximate surface area is 134 Å². The molecule has 0 amide bonds. The van der Waals surface area contributed by atoms with Gasteiger partial charge in [-0.15, -0.1) is 0 Å². The Bertz CT molecular complexity index is 853. The van der Waals surface area contributed by atoms with Crippen molar-refractivity contribution in [1.82, 2.24) is 14.1 Å². The van der Waals surface area contributed by atoms with Crippen LogP contribution < -0.4 is 0 Å². The molecule has 0 aliphatic rings. The van der Waals surface area contributed by atoms with Crippen LogP contribution in [0.25, 0.3) is 17.1 Å². The Morgan fingerprint density at radius 2 is 1.87 bits per heavy atom. The first-order chi connectivity index (χ1) is 11.0. The van der Waals surface area contributed by atoms with Gasteiger partial charge in [0, 0.05) is 7.05 Å². The molecule has 6 nitrogen and oxygen atoms in total. The van der Waals surface area contributed by atoms with Gasteiger partial charge in [-0.2, -0.15) is 0 Å². The molecule has 2 N–H and O–H groups in total. The van der Waals surface area contributed by atoms with Crippen LogP contribution in [-0.2, 0) is 7.05 Å². The minimum absolute atomic E-state index is 0.220. The maximum Gasteiger partial charge on any atom is 0.140 e. The van der Waals surface area contributed by atoms with Crippen molar-refractivity contribution in [3.8, 4) is 22.8 Å². The first-order valence-electron chi connectivity index (χ1n) is 7.20. The van der Waals surface area contributed by atoms with E-state index in [0.717, 1.165) is 34.0 Å². The number of hydrogen-bond donors (Lipinski definition) is 2. The average molecular weight is 310 g/mol. The summed E-state index contributed by atoms with van der Waals surface area (Å²) in [6, 6.07) is 9.03. The van der Waals surface area contributed by atoms with Gasteiger partial charge in [-0.05, 0) is 55.3 Å². The topological polar surface area (TPSA) is 75.6 Å². The van der Waals surface area contributed by atoms with Gasteiger partial charge in [0.1, 0.15) is 11.6 Å². The number of hydrogen-bond acceptors (Lipinski definition) is 4. The van der Waals surface area contributed by atoms with Gasteiger partial charge >= 0.3 is 0 Å². The van der Waals surface area contributed by atoms with E-state index in [9.17, 15) is 5.11 Å². The molecule has 3 aromatic rings. The van der Waals surface area contributed by atoms with Crippen LogP contribution in [0, 0.1) is 13.8 Å². The second-order valence-electron chi connectivity index (χ2n) is 5.49. The Kier molecular flexibility index (Phi) is 3.65. The zero-order valence-electron chi connectivity index (χ0n) is 13.2. The smallest absolute Gasteiger partial charge is 0.140 e. The van der Waals surface area contributed by atoms with Crippen LogP contribution in [-0.4, -0.2) is 30.6 Å². The van der Waals surface area contributed by atoms with Gasteiger partial charge in [-0.1, -0.05) is 5.16 Å². The van der Waals surface area contributed by atoms with E-state index in [1.807, 2.05) is 48.2 Å². The van der Waals surface area contributed by atoms with Crippen molar-refractivity contribution >= 4 is 6.21 Å². The minimum Gasteiger partial charge on any atom is -0.508 e. The van der Waals surface area contributed by atoms with Gasteiger partial charge in [-0.25, -0.2) is 4.98 Å². The van der Waals surface area contributed by atoms with E-state index in [1.165, 1.54) is 6.21 Å². The quantitative estimate of drug-likeness (QED) is 0.443. The predicted octanol–water partition coefficient (Wildman–Crippen LogP) is 3.01. The van der Waals surface area contributed by atoms with Crippen molar-refractivity contribution in [1.29, 1.82) is 0 Å². The summed E-state index contributed by atoms with van der Waals surface area (Å²) in [4.78, 5) is 4.35. The molecule has 23 heavy (non-hydrogen) atoms. The normalized spacial score (nSPS) is 11.4. The third-order valence-electron chi connectivity index (χ3n) is 3.88. The molecule has 0 radical (unpaired) electrons. The lowest BCUT2D eigenvalue weighted by Gasteiger charge is -2.13. The minimum atomic E-state index is 0.220. The summed E-state index contributed by atoms with van der Waals surface area (Å²) in [6.45, 7) is 3.90. The molecule has 0 spiro atoms. The van der Waals surface area contributed by atoms with Gasteiger partial charge in [0.05, 0.1) is 29.6 Å². The highest BCUT2D eigenvalue weighted by atomic mass is 16.4. The third-order valence-corrected chi connectivity index (χ3v) is 3.88. The zero-order valence-corrected chi connectivity index (χ0v) is 13.2. The van der Waals surface area contributed by atoms with E-state index in [4.69, 9.17) is 5.21 Å². The van der Waals surface area contributed by atoms with Crippen molar-refractivity contribution in [3.63, 3.8) is 0 Å². The summed E-state index contributed by atoms with van der Waals surface area (Å²) in [6.07, 6.45) is 3.17. The molecule has 0 aliphatic heterocycles. The monoisotopic (exact) mass is 310 g/mol. The van der Waals surface area contributed by atoms with Gasteiger partial charge in [0.25, 0.3) is 0 Å². The molecule has 0 saturated heterocycles. The highest BCUT2D eigenvalue weighted by Crippen LogP contribution is 2.30. The average Bonchev–Trinajstić information content (AvgIpc) is 3.01. The molecule has 0 atom stereocenters. The molecule has 2 heterocycles. The van der Waals surface area contributed by atoms with Crippen LogP contribution in [0.5, 0.6) is 5.75 Å². The maximum absolute atomic E-state index is 9.51. The van der Waals surface area contributed by atoms with Gasteiger partial charge in [-0.3, -0.25) is 4.57 Å². The Morgan fingerprint density at radius 1 is 1.17 bits per heavy atom. The lowest BCUT2D eigenvalue weighted by Crippen LogP contribution is -2.08. The van der Waals surface area contributed by atoms with Crippen LogP contribution >= 0.6 is 0 Å². The van der Waals surface area contributed by atoms with Gasteiger partial charge < -0.3 is 14.9 Å². The summed E-state index contributed by atoms with van der Waals surface area (Å²) >= 11 is 0. The molecule has 2 aromatic heterocycles. The second kappa shape index (κ2) is 5.64. The number of aryl methyl sites for hydroxylation is 3. The number of rotatable bonds is 3. The molecule has 0 aliphatic carbocycles. The van der Waals surface area contributed by atoms with Crippen molar-refractivity contribution in [2.45, 2.75) is 13.8 Å². The standard InChI is InChI=1S/C17H18N4O2/c1-11-8-15(13-4-6-14(22)7-5-13)21(16(11)9-19-23)17-12(2)18-10-20(17)3/h4-10,22-23H,1-3H3. The lowest BCUT2D eigenvalue weighted by atomic mass is 10.1. The zero-order chi connectivity index (χ0) is 16.6. The van der Waals surface area contributed by atoms with E-state index < -0.39 is 0 Å². The maximum atomic E-state index is 9.51. The van der Waals surface area contributed by atoms with E-state index in [1.54, 1.807) is 18.5 Å². The molecule has 1 aromatic carbocycles. The third kappa shape index (κ3) is 2.48. The van der Waals surface area contributed by atoms with Crippen molar-refractivity contribution in [2.24, 2.45) is 12.2 Å². The number of phenolic OH excluding ortho intramolecular Hbond substituents is 1. The Morgan fingerprint density at radius 3 is 2.43 bits per heavy atom. The molecule has 3 rings (SSSR count). The van der Waals surface area contributed by atoms with Crippen LogP contribution in [0.3, 0.4) is 0 Å². The van der Waals surface area contributed by atoms with Crippen LogP contribution in [0.15, 0.2) is 41.8 Å². The Balaban J connectivity index is 2.33. The van der Waals surface area contributed by atoms with Crippen LogP contribution in [0.2, 0.25) is 0 Å². The molecular formula is C17H18N4O2. The highest BCUT2D eigenvalue weighted by molar-refractivity contribution is 5.84. The summed E-state index contributed by atoms with van der Waals surface area (Å²) in [7, 11) is 1.92. The number of nitrogens with zero attached hydrogens (tertiary/aromatic N) is 4. The summed E-state index contributed by atoms with van der Waals surface area (Å²) < 4.78 is 3.93. The highest BCUT2D eigenvalue weighted by Gasteiger charge is 2.18. The van der Waals surface area contributed by atoms with E-state index in [2.05, 4.69) is 10.1 Å². The fourth-order valence-corrected chi connectivity index (χ4v) is 2.80. The second-order valence-corrected chi connectivity index (χ2v) is 5.49. The van der Waals surface area contributed by atoms with Crippen LogP contribution in [0.4, 0.5) is 0 Å². The molecule has 6 heteroatoms. The van der Waals surface area contributed by atoms with Gasteiger partial charge in [0.15, 0.2) is 0 Å². The number of phenols is 1. The number of imidazole rings is 1. The predicted molar refractivity (Wildman–Crippen MR) is 88.5 cm³/mol. The molecule has 0 bridgehead atoms.